The summed E-state index contributed by atoms with van der Waals surface area (Å²) in [6, 6.07) is 13.1. The lowest BCUT2D eigenvalue weighted by molar-refractivity contribution is -0.127. The molecule has 1 amide bonds. The van der Waals surface area contributed by atoms with Crippen LogP contribution in [0, 0.1) is 6.92 Å². The average molecular weight is 366 g/mol. The van der Waals surface area contributed by atoms with Crippen LogP contribution in [0.4, 0.5) is 0 Å². The Morgan fingerprint density at radius 1 is 1.17 bits per heavy atom. The van der Waals surface area contributed by atoms with Crippen molar-refractivity contribution in [2.45, 2.75) is 32.8 Å². The van der Waals surface area contributed by atoms with Crippen LogP contribution < -0.4 is 10.1 Å². The van der Waals surface area contributed by atoms with Crippen LogP contribution >= 0.6 is 23.2 Å². The standard InChI is InChI=1S/C19H21Cl2NO2/c1-13-12-17(9-10-18(13)21)24-14(2)19(23)22-11-3-4-15-5-7-16(20)8-6-15/h5-10,12,14H,3-4,11H2,1-2H3,(H,22,23). The second-order valence-corrected chi connectivity index (χ2v) is 6.54. The summed E-state index contributed by atoms with van der Waals surface area (Å²) < 4.78 is 5.66. The van der Waals surface area contributed by atoms with Crippen LogP contribution in [0.5, 0.6) is 5.75 Å². The van der Waals surface area contributed by atoms with Crippen LogP contribution in [0.2, 0.25) is 10.0 Å². The van der Waals surface area contributed by atoms with Gasteiger partial charge in [0, 0.05) is 16.6 Å². The highest BCUT2D eigenvalue weighted by Crippen LogP contribution is 2.21. The third kappa shape index (κ3) is 5.73. The van der Waals surface area contributed by atoms with E-state index in [0.717, 1.165) is 23.4 Å². The summed E-state index contributed by atoms with van der Waals surface area (Å²) >= 11 is 11.8. The molecule has 0 saturated carbocycles. The van der Waals surface area contributed by atoms with E-state index in [1.165, 1.54) is 5.56 Å². The minimum absolute atomic E-state index is 0.126. The van der Waals surface area contributed by atoms with Crippen molar-refractivity contribution >= 4 is 29.1 Å². The topological polar surface area (TPSA) is 38.3 Å². The monoisotopic (exact) mass is 365 g/mol. The van der Waals surface area contributed by atoms with Gasteiger partial charge in [-0.05, 0) is 68.1 Å². The number of rotatable bonds is 7. The zero-order valence-electron chi connectivity index (χ0n) is 13.8. The molecule has 2 rings (SSSR count). The van der Waals surface area contributed by atoms with Crippen LogP contribution in [0.3, 0.4) is 0 Å². The molecule has 0 aliphatic heterocycles. The Kier molecular flexibility index (Phi) is 6.95. The van der Waals surface area contributed by atoms with E-state index in [9.17, 15) is 4.79 Å². The summed E-state index contributed by atoms with van der Waals surface area (Å²) in [5.74, 6) is 0.513. The highest BCUT2D eigenvalue weighted by Gasteiger charge is 2.14. The van der Waals surface area contributed by atoms with E-state index < -0.39 is 6.10 Å². The van der Waals surface area contributed by atoms with E-state index in [1.54, 1.807) is 19.1 Å². The van der Waals surface area contributed by atoms with Gasteiger partial charge in [-0.15, -0.1) is 0 Å². The summed E-state index contributed by atoms with van der Waals surface area (Å²) in [4.78, 5) is 12.1. The van der Waals surface area contributed by atoms with Crippen molar-refractivity contribution in [2.24, 2.45) is 0 Å². The Balaban J connectivity index is 1.73. The predicted octanol–water partition coefficient (Wildman–Crippen LogP) is 4.82. The summed E-state index contributed by atoms with van der Waals surface area (Å²) in [5.41, 5.74) is 2.12. The molecule has 5 heteroatoms. The van der Waals surface area contributed by atoms with E-state index in [2.05, 4.69) is 5.32 Å². The number of ether oxygens (including phenoxy) is 1. The molecule has 1 atom stereocenters. The van der Waals surface area contributed by atoms with E-state index >= 15 is 0 Å². The molecular formula is C19H21Cl2NO2. The van der Waals surface area contributed by atoms with Gasteiger partial charge in [-0.25, -0.2) is 0 Å². The van der Waals surface area contributed by atoms with E-state index in [1.807, 2.05) is 37.3 Å². The molecule has 1 unspecified atom stereocenters. The maximum absolute atomic E-state index is 12.1. The number of halogens is 2. The molecule has 2 aromatic carbocycles. The molecule has 0 saturated heterocycles. The molecule has 0 aliphatic carbocycles. The van der Waals surface area contributed by atoms with Crippen LogP contribution in [-0.2, 0) is 11.2 Å². The minimum Gasteiger partial charge on any atom is -0.481 e. The number of hydrogen-bond donors (Lipinski definition) is 1. The molecule has 0 radical (unpaired) electrons. The highest BCUT2D eigenvalue weighted by molar-refractivity contribution is 6.31. The molecule has 0 heterocycles. The normalized spacial score (nSPS) is 11.8. The summed E-state index contributed by atoms with van der Waals surface area (Å²) in [5, 5.41) is 4.31. The number of carbonyl (C=O) groups excluding carboxylic acids is 1. The predicted molar refractivity (Wildman–Crippen MR) is 99.1 cm³/mol. The molecule has 2 aromatic rings. The number of nitrogens with one attached hydrogen (secondary N) is 1. The Morgan fingerprint density at radius 2 is 1.88 bits per heavy atom. The fraction of sp³-hybridized carbons (Fsp3) is 0.316. The Hall–Kier alpha value is -1.71. The van der Waals surface area contributed by atoms with Crippen LogP contribution in [-0.4, -0.2) is 18.6 Å². The number of benzene rings is 2. The van der Waals surface area contributed by atoms with Crippen LogP contribution in [0.25, 0.3) is 0 Å². The van der Waals surface area contributed by atoms with Gasteiger partial charge in [0.05, 0.1) is 0 Å². The van der Waals surface area contributed by atoms with E-state index in [4.69, 9.17) is 27.9 Å². The lowest BCUT2D eigenvalue weighted by Crippen LogP contribution is -2.36. The first kappa shape index (κ1) is 18.6. The summed E-state index contributed by atoms with van der Waals surface area (Å²) in [6.45, 7) is 4.24. The van der Waals surface area contributed by atoms with Crippen molar-refractivity contribution in [3.8, 4) is 5.75 Å². The zero-order valence-corrected chi connectivity index (χ0v) is 15.3. The first-order valence-corrected chi connectivity index (χ1v) is 8.66. The van der Waals surface area contributed by atoms with Gasteiger partial charge in [-0.1, -0.05) is 35.3 Å². The van der Waals surface area contributed by atoms with Crippen LogP contribution in [0.15, 0.2) is 42.5 Å². The maximum atomic E-state index is 12.1. The molecule has 0 spiro atoms. The molecule has 128 valence electrons. The Bertz CT molecular complexity index is 686. The number of hydrogen-bond acceptors (Lipinski definition) is 2. The highest BCUT2D eigenvalue weighted by atomic mass is 35.5. The first-order valence-electron chi connectivity index (χ1n) is 7.90. The number of amides is 1. The van der Waals surface area contributed by atoms with E-state index in [-0.39, 0.29) is 5.91 Å². The molecule has 24 heavy (non-hydrogen) atoms. The van der Waals surface area contributed by atoms with Crippen molar-refractivity contribution in [3.05, 3.63) is 63.6 Å². The van der Waals surface area contributed by atoms with Gasteiger partial charge >= 0.3 is 0 Å². The molecular weight excluding hydrogens is 345 g/mol. The minimum atomic E-state index is -0.555. The van der Waals surface area contributed by atoms with Crippen molar-refractivity contribution in [1.29, 1.82) is 0 Å². The third-order valence-electron chi connectivity index (χ3n) is 3.67. The van der Waals surface area contributed by atoms with Gasteiger partial charge in [-0.3, -0.25) is 4.79 Å². The van der Waals surface area contributed by atoms with Gasteiger partial charge in [0.15, 0.2) is 6.10 Å². The zero-order chi connectivity index (χ0) is 17.5. The first-order chi connectivity index (χ1) is 11.5. The SMILES string of the molecule is Cc1cc(OC(C)C(=O)NCCCc2ccc(Cl)cc2)ccc1Cl. The summed E-state index contributed by atoms with van der Waals surface area (Å²) in [7, 11) is 0. The molecule has 3 nitrogen and oxygen atoms in total. The van der Waals surface area contributed by atoms with Crippen molar-refractivity contribution < 1.29 is 9.53 Å². The smallest absolute Gasteiger partial charge is 0.260 e. The second kappa shape index (κ2) is 8.95. The van der Waals surface area contributed by atoms with E-state index in [0.29, 0.717) is 17.3 Å². The van der Waals surface area contributed by atoms with Crippen molar-refractivity contribution in [1.82, 2.24) is 5.32 Å². The second-order valence-electron chi connectivity index (χ2n) is 5.69. The summed E-state index contributed by atoms with van der Waals surface area (Å²) in [6.07, 6.45) is 1.20. The van der Waals surface area contributed by atoms with Gasteiger partial charge in [0.1, 0.15) is 5.75 Å². The van der Waals surface area contributed by atoms with Gasteiger partial charge in [-0.2, -0.15) is 0 Å². The van der Waals surface area contributed by atoms with Crippen molar-refractivity contribution in [3.63, 3.8) is 0 Å². The van der Waals surface area contributed by atoms with Gasteiger partial charge in [0.25, 0.3) is 5.91 Å². The fourth-order valence-electron chi connectivity index (χ4n) is 2.25. The Labute approximate surface area is 152 Å². The lowest BCUT2D eigenvalue weighted by Gasteiger charge is -2.15. The molecule has 0 bridgehead atoms. The van der Waals surface area contributed by atoms with Crippen molar-refractivity contribution in [2.75, 3.05) is 6.54 Å². The fourth-order valence-corrected chi connectivity index (χ4v) is 2.49. The largest absolute Gasteiger partial charge is 0.481 e. The number of carbonyl (C=O) groups is 1. The third-order valence-corrected chi connectivity index (χ3v) is 4.34. The average Bonchev–Trinajstić information content (AvgIpc) is 2.56. The Morgan fingerprint density at radius 3 is 2.54 bits per heavy atom. The molecule has 1 N–H and O–H groups in total. The van der Waals surface area contributed by atoms with Gasteiger partial charge < -0.3 is 10.1 Å². The van der Waals surface area contributed by atoms with Crippen LogP contribution in [0.1, 0.15) is 24.5 Å². The quantitative estimate of drug-likeness (QED) is 0.714. The number of aryl methyl sites for hydroxylation is 2. The molecule has 0 aliphatic rings. The maximum Gasteiger partial charge on any atom is 0.260 e. The molecule has 0 fully saturated rings. The lowest BCUT2D eigenvalue weighted by atomic mass is 10.1. The van der Waals surface area contributed by atoms with Gasteiger partial charge in [0.2, 0.25) is 0 Å². The molecule has 0 aromatic heterocycles.